The van der Waals surface area contributed by atoms with Gasteiger partial charge in [-0.1, -0.05) is 30.3 Å². The summed E-state index contributed by atoms with van der Waals surface area (Å²) in [5.41, 5.74) is -0.413. The highest BCUT2D eigenvalue weighted by atomic mass is 19.3. The number of esters is 1. The number of carbonyl (C=O) groups excluding carboxylic acids is 2. The van der Waals surface area contributed by atoms with E-state index < -0.39 is 35.2 Å². The predicted molar refractivity (Wildman–Crippen MR) is 83.3 cm³/mol. The average Bonchev–Trinajstić information content (AvgIpc) is 3.33. The average molecular weight is 337 g/mol. The van der Waals surface area contributed by atoms with Gasteiger partial charge in [-0.05, 0) is 32.3 Å². The fourth-order valence-corrected chi connectivity index (χ4v) is 3.61. The van der Waals surface area contributed by atoms with Gasteiger partial charge in [0.15, 0.2) is 0 Å². The van der Waals surface area contributed by atoms with Crippen LogP contribution in [0.4, 0.5) is 8.78 Å². The summed E-state index contributed by atoms with van der Waals surface area (Å²) in [5.74, 6) is -6.65. The number of alkyl halides is 2. The zero-order valence-corrected chi connectivity index (χ0v) is 13.8. The number of rotatable bonds is 5. The van der Waals surface area contributed by atoms with Crippen LogP contribution in [0.1, 0.15) is 38.3 Å². The van der Waals surface area contributed by atoms with Crippen molar-refractivity contribution in [1.29, 1.82) is 0 Å². The summed E-state index contributed by atoms with van der Waals surface area (Å²) >= 11 is 0. The molecule has 3 rings (SSSR count). The van der Waals surface area contributed by atoms with Gasteiger partial charge < -0.3 is 9.64 Å². The molecule has 0 unspecified atom stereocenters. The van der Waals surface area contributed by atoms with Gasteiger partial charge in [-0.25, -0.2) is 0 Å². The minimum Gasteiger partial charge on any atom is -0.466 e. The molecule has 1 aliphatic carbocycles. The van der Waals surface area contributed by atoms with Crippen molar-refractivity contribution in [3.8, 4) is 0 Å². The van der Waals surface area contributed by atoms with E-state index in [0.717, 1.165) is 5.56 Å². The summed E-state index contributed by atoms with van der Waals surface area (Å²) in [6.45, 7) is 3.41. The molecule has 1 heterocycles. The number of likely N-dealkylation sites (tertiary alicyclic amines) is 1. The van der Waals surface area contributed by atoms with Crippen LogP contribution in [0.2, 0.25) is 0 Å². The molecular weight excluding hydrogens is 316 g/mol. The third-order valence-corrected chi connectivity index (χ3v) is 5.25. The maximum atomic E-state index is 14.7. The summed E-state index contributed by atoms with van der Waals surface area (Å²) in [4.78, 5) is 25.7. The van der Waals surface area contributed by atoms with Crippen molar-refractivity contribution in [3.63, 3.8) is 0 Å². The first-order valence-electron chi connectivity index (χ1n) is 8.25. The first-order chi connectivity index (χ1) is 11.3. The van der Waals surface area contributed by atoms with Crippen molar-refractivity contribution in [3.05, 3.63) is 35.9 Å². The van der Waals surface area contributed by atoms with Crippen LogP contribution < -0.4 is 0 Å². The van der Waals surface area contributed by atoms with E-state index in [2.05, 4.69) is 0 Å². The molecule has 0 N–H and O–H groups in total. The molecule has 1 saturated heterocycles. The molecule has 2 atom stereocenters. The highest BCUT2D eigenvalue weighted by Crippen LogP contribution is 2.60. The lowest BCUT2D eigenvalue weighted by molar-refractivity contribution is -0.164. The Morgan fingerprint density at radius 3 is 2.50 bits per heavy atom. The lowest BCUT2D eigenvalue weighted by Crippen LogP contribution is -2.41. The molecule has 4 nitrogen and oxygen atoms in total. The van der Waals surface area contributed by atoms with Gasteiger partial charge in [-0.3, -0.25) is 9.59 Å². The van der Waals surface area contributed by atoms with Gasteiger partial charge in [0.2, 0.25) is 0 Å². The highest BCUT2D eigenvalue weighted by Gasteiger charge is 2.71. The van der Waals surface area contributed by atoms with E-state index in [0.29, 0.717) is 12.8 Å². The molecule has 0 bridgehead atoms. The highest BCUT2D eigenvalue weighted by molar-refractivity contribution is 5.90. The topological polar surface area (TPSA) is 46.6 Å². The summed E-state index contributed by atoms with van der Waals surface area (Å²) in [5, 5.41) is 0. The number of hydrogen-bond acceptors (Lipinski definition) is 3. The number of halogens is 2. The summed E-state index contributed by atoms with van der Waals surface area (Å²) in [6.07, 6.45) is 0.708. The largest absolute Gasteiger partial charge is 0.466 e. The van der Waals surface area contributed by atoms with Crippen LogP contribution in [0.3, 0.4) is 0 Å². The monoisotopic (exact) mass is 337 g/mol. The molecule has 1 saturated carbocycles. The number of nitrogens with zero attached hydrogens (tertiary/aromatic N) is 1. The second-order valence-electron chi connectivity index (χ2n) is 6.60. The Kier molecular flexibility index (Phi) is 4.10. The minimum atomic E-state index is -3.54. The number of hydrogen-bond donors (Lipinski definition) is 0. The molecule has 130 valence electrons. The van der Waals surface area contributed by atoms with Gasteiger partial charge in [0.05, 0.1) is 24.0 Å². The molecule has 0 aromatic heterocycles. The van der Waals surface area contributed by atoms with E-state index in [9.17, 15) is 18.4 Å². The third-order valence-electron chi connectivity index (χ3n) is 5.25. The fourth-order valence-electron chi connectivity index (χ4n) is 3.61. The number of benzene rings is 1. The second-order valence-corrected chi connectivity index (χ2v) is 6.60. The van der Waals surface area contributed by atoms with Crippen molar-refractivity contribution in [1.82, 2.24) is 4.90 Å². The van der Waals surface area contributed by atoms with Crippen LogP contribution in [0.25, 0.3) is 0 Å². The Balaban J connectivity index is 1.87. The molecule has 2 fully saturated rings. The number of ether oxygens (including phenoxy) is 1. The SMILES string of the molecule is CCOC(=O)C1([C@H]2CN([C@@H](C)c3ccccc3)C(=O)C2(F)F)CC1. The van der Waals surface area contributed by atoms with Gasteiger partial charge in [0.1, 0.15) is 0 Å². The Labute approximate surface area is 139 Å². The van der Waals surface area contributed by atoms with Crippen LogP contribution in [-0.4, -0.2) is 35.9 Å². The maximum Gasteiger partial charge on any atom is 0.330 e. The predicted octanol–water partition coefficient (Wildman–Crippen LogP) is 3.18. The molecule has 1 aromatic carbocycles. The summed E-state index contributed by atoms with van der Waals surface area (Å²) < 4.78 is 34.3. The van der Waals surface area contributed by atoms with Gasteiger partial charge in [-0.15, -0.1) is 0 Å². The molecule has 1 aliphatic heterocycles. The molecule has 1 amide bonds. The van der Waals surface area contributed by atoms with Crippen LogP contribution in [0.15, 0.2) is 30.3 Å². The van der Waals surface area contributed by atoms with E-state index >= 15 is 0 Å². The molecule has 1 aromatic rings. The molecule has 0 radical (unpaired) electrons. The van der Waals surface area contributed by atoms with E-state index in [1.165, 1.54) is 4.90 Å². The Morgan fingerprint density at radius 2 is 1.96 bits per heavy atom. The van der Waals surface area contributed by atoms with E-state index in [1.807, 2.05) is 30.3 Å². The molecule has 2 aliphatic rings. The first kappa shape index (κ1) is 16.9. The Bertz CT molecular complexity index is 643. The lowest BCUT2D eigenvalue weighted by atomic mass is 9.85. The van der Waals surface area contributed by atoms with E-state index in [4.69, 9.17) is 4.74 Å². The van der Waals surface area contributed by atoms with Crippen LogP contribution in [0.5, 0.6) is 0 Å². The van der Waals surface area contributed by atoms with Crippen molar-refractivity contribution in [2.75, 3.05) is 13.2 Å². The van der Waals surface area contributed by atoms with Crippen molar-refractivity contribution in [2.24, 2.45) is 11.3 Å². The van der Waals surface area contributed by atoms with Gasteiger partial charge >= 0.3 is 11.9 Å². The maximum absolute atomic E-state index is 14.7. The van der Waals surface area contributed by atoms with Crippen LogP contribution >= 0.6 is 0 Å². The smallest absolute Gasteiger partial charge is 0.330 e. The molecule has 6 heteroatoms. The molecule has 0 spiro atoms. The minimum absolute atomic E-state index is 0.124. The lowest BCUT2D eigenvalue weighted by Gasteiger charge is -2.26. The Morgan fingerprint density at radius 1 is 1.33 bits per heavy atom. The van der Waals surface area contributed by atoms with E-state index in [1.54, 1.807) is 13.8 Å². The third kappa shape index (κ3) is 2.48. The van der Waals surface area contributed by atoms with Crippen LogP contribution in [0, 0.1) is 11.3 Å². The number of carbonyl (C=O) groups is 2. The zero-order chi connectivity index (χ0) is 17.5. The second kappa shape index (κ2) is 5.83. The zero-order valence-electron chi connectivity index (χ0n) is 13.8. The van der Waals surface area contributed by atoms with Crippen molar-refractivity contribution in [2.45, 2.75) is 38.7 Å². The number of amides is 1. The fraction of sp³-hybridized carbons (Fsp3) is 0.556. The first-order valence-corrected chi connectivity index (χ1v) is 8.25. The standard InChI is InChI=1S/C18H21F2NO3/c1-3-24-16(23)17(9-10-17)14-11-21(15(22)18(14,19)20)12(2)13-7-5-4-6-8-13/h4-8,12,14H,3,9-11H2,1-2H3/t12-,14+/m0/s1. The van der Waals surface area contributed by atoms with Crippen molar-refractivity contribution >= 4 is 11.9 Å². The molecule has 24 heavy (non-hydrogen) atoms. The Hall–Kier alpha value is -1.98. The molecular formula is C18H21F2NO3. The summed E-state index contributed by atoms with van der Waals surface area (Å²) in [6, 6.07) is 8.60. The van der Waals surface area contributed by atoms with E-state index in [-0.39, 0.29) is 13.2 Å². The summed E-state index contributed by atoms with van der Waals surface area (Å²) in [7, 11) is 0. The van der Waals surface area contributed by atoms with Crippen molar-refractivity contribution < 1.29 is 23.1 Å². The quantitative estimate of drug-likeness (QED) is 0.775. The normalized spacial score (nSPS) is 25.4. The van der Waals surface area contributed by atoms with Crippen LogP contribution in [-0.2, 0) is 14.3 Å². The van der Waals surface area contributed by atoms with Gasteiger partial charge in [0, 0.05) is 6.54 Å². The van der Waals surface area contributed by atoms with Gasteiger partial charge in [0.25, 0.3) is 5.91 Å². The van der Waals surface area contributed by atoms with Gasteiger partial charge in [-0.2, -0.15) is 8.78 Å².